The number of aryl methyl sites for hydroxylation is 1. The summed E-state index contributed by atoms with van der Waals surface area (Å²) in [6.45, 7) is 2.51. The number of aliphatic imine (C=N–C) groups is 1. The van der Waals surface area contributed by atoms with Gasteiger partial charge in [0.25, 0.3) is 5.91 Å². The number of rotatable bonds is 7. The largest absolute Gasteiger partial charge is 0.433 e. The Hall–Kier alpha value is -3.30. The predicted molar refractivity (Wildman–Crippen MR) is 133 cm³/mol. The Kier molecular flexibility index (Phi) is 7.00. The molecule has 1 N–H and O–H groups in total. The van der Waals surface area contributed by atoms with E-state index in [9.17, 15) is 22.4 Å². The number of benzene rings is 1. The third kappa shape index (κ3) is 5.67. The zero-order valence-electron chi connectivity index (χ0n) is 20.6. The molecule has 2 heterocycles. The molecule has 0 spiro atoms. The van der Waals surface area contributed by atoms with Gasteiger partial charge < -0.3 is 5.32 Å². The monoisotopic (exact) mass is 515 g/mol. The van der Waals surface area contributed by atoms with Crippen LogP contribution >= 0.6 is 0 Å². The average Bonchev–Trinajstić information content (AvgIpc) is 3.63. The molecule has 2 unspecified atom stereocenters. The molecule has 37 heavy (non-hydrogen) atoms. The first-order valence-corrected chi connectivity index (χ1v) is 12.8. The minimum absolute atomic E-state index is 0.0644. The molecule has 0 aliphatic heterocycles. The lowest BCUT2D eigenvalue weighted by Crippen LogP contribution is -2.32. The number of alkyl halides is 3. The number of anilines is 1. The maximum Gasteiger partial charge on any atom is 0.433 e. The third-order valence-corrected chi connectivity index (χ3v) is 7.24. The van der Waals surface area contributed by atoms with Crippen molar-refractivity contribution in [2.75, 3.05) is 5.32 Å². The van der Waals surface area contributed by atoms with E-state index in [1.54, 1.807) is 10.9 Å². The number of nitrogens with zero attached hydrogens (tertiary/aromatic N) is 4. The van der Waals surface area contributed by atoms with Crippen LogP contribution in [-0.4, -0.2) is 32.9 Å². The van der Waals surface area contributed by atoms with Gasteiger partial charge in [0.15, 0.2) is 0 Å². The molecule has 0 bridgehead atoms. The number of amides is 1. The van der Waals surface area contributed by atoms with E-state index in [-0.39, 0.29) is 29.1 Å². The molecule has 0 radical (unpaired) electrons. The summed E-state index contributed by atoms with van der Waals surface area (Å²) in [5, 5.41) is 8.09. The molecule has 2 saturated carbocycles. The molecule has 3 aromatic rings. The van der Waals surface area contributed by atoms with E-state index in [0.717, 1.165) is 56.4 Å². The molecule has 2 fully saturated rings. The Morgan fingerprint density at radius 2 is 1.95 bits per heavy atom. The number of pyridine rings is 1. The summed E-state index contributed by atoms with van der Waals surface area (Å²) in [7, 11) is 0. The molecule has 2 aliphatic rings. The molecule has 1 amide bonds. The molecule has 5 rings (SSSR count). The zero-order chi connectivity index (χ0) is 26.2. The summed E-state index contributed by atoms with van der Waals surface area (Å²) >= 11 is 0. The third-order valence-electron chi connectivity index (χ3n) is 7.24. The van der Waals surface area contributed by atoms with Gasteiger partial charge in [0, 0.05) is 35.8 Å². The lowest BCUT2D eigenvalue weighted by molar-refractivity contribution is -0.140. The Balaban J connectivity index is 1.34. The van der Waals surface area contributed by atoms with Gasteiger partial charge in [-0.25, -0.2) is 14.4 Å². The van der Waals surface area contributed by atoms with Gasteiger partial charge in [-0.3, -0.25) is 9.48 Å². The van der Waals surface area contributed by atoms with Crippen molar-refractivity contribution in [2.45, 2.75) is 76.6 Å². The second kappa shape index (κ2) is 10.2. The quantitative estimate of drug-likeness (QED) is 0.279. The minimum Gasteiger partial charge on any atom is -0.381 e. The SMILES string of the molecule is CCn1nc(C2CC2)cc1C(=O)N=CCC1CCCCC1Nc1cc(C(F)(F)F)nc2ccc(F)cc12. The van der Waals surface area contributed by atoms with Crippen LogP contribution in [0.15, 0.2) is 35.3 Å². The highest BCUT2D eigenvalue weighted by Crippen LogP contribution is 2.39. The number of hydrogen-bond donors (Lipinski definition) is 1. The molecule has 6 nitrogen and oxygen atoms in total. The molecule has 2 aliphatic carbocycles. The van der Waals surface area contributed by atoms with Gasteiger partial charge in [-0.15, -0.1) is 0 Å². The van der Waals surface area contributed by atoms with E-state index in [2.05, 4.69) is 20.4 Å². The van der Waals surface area contributed by atoms with Crippen LogP contribution in [0.25, 0.3) is 10.9 Å². The number of carbonyl (C=O) groups excluding carboxylic acids is 1. The van der Waals surface area contributed by atoms with Crippen LogP contribution < -0.4 is 5.32 Å². The summed E-state index contributed by atoms with van der Waals surface area (Å²) < 4.78 is 56.1. The van der Waals surface area contributed by atoms with Crippen LogP contribution in [0.3, 0.4) is 0 Å². The number of nitrogens with one attached hydrogen (secondary N) is 1. The maximum absolute atomic E-state index is 14.0. The normalized spacial score (nSPS) is 20.6. The van der Waals surface area contributed by atoms with E-state index < -0.39 is 17.7 Å². The topological polar surface area (TPSA) is 72.2 Å². The summed E-state index contributed by atoms with van der Waals surface area (Å²) in [5.41, 5.74) is 0.685. The van der Waals surface area contributed by atoms with Gasteiger partial charge in [-0.05, 0) is 75.3 Å². The van der Waals surface area contributed by atoms with Crippen molar-refractivity contribution in [1.29, 1.82) is 0 Å². The summed E-state index contributed by atoms with van der Waals surface area (Å²) in [4.78, 5) is 20.7. The number of carbonyl (C=O) groups is 1. The van der Waals surface area contributed by atoms with Gasteiger partial charge in [-0.2, -0.15) is 18.3 Å². The Bertz CT molecular complexity index is 1330. The predicted octanol–water partition coefficient (Wildman–Crippen LogP) is 6.76. The van der Waals surface area contributed by atoms with Crippen molar-refractivity contribution in [2.24, 2.45) is 10.9 Å². The highest BCUT2D eigenvalue weighted by atomic mass is 19.4. The van der Waals surface area contributed by atoms with Crippen LogP contribution in [0.2, 0.25) is 0 Å². The lowest BCUT2D eigenvalue weighted by atomic mass is 9.82. The Labute approximate surface area is 212 Å². The molecule has 2 aromatic heterocycles. The Morgan fingerprint density at radius 1 is 1.16 bits per heavy atom. The number of halogens is 4. The first-order valence-electron chi connectivity index (χ1n) is 12.8. The fourth-order valence-electron chi connectivity index (χ4n) is 5.11. The van der Waals surface area contributed by atoms with E-state index in [1.807, 2.05) is 13.0 Å². The van der Waals surface area contributed by atoms with Crippen LogP contribution in [0.4, 0.5) is 23.2 Å². The van der Waals surface area contributed by atoms with Crippen molar-refractivity contribution in [3.05, 3.63) is 53.2 Å². The number of hydrogen-bond acceptors (Lipinski definition) is 4. The smallest absolute Gasteiger partial charge is 0.381 e. The fourth-order valence-corrected chi connectivity index (χ4v) is 5.11. The first kappa shape index (κ1) is 25.4. The molecule has 196 valence electrons. The number of fused-ring (bicyclic) bond motifs is 1. The molecular weight excluding hydrogens is 486 g/mol. The highest BCUT2D eigenvalue weighted by Gasteiger charge is 2.34. The zero-order valence-corrected chi connectivity index (χ0v) is 20.6. The van der Waals surface area contributed by atoms with Crippen molar-refractivity contribution < 1.29 is 22.4 Å². The molecule has 1 aromatic carbocycles. The standard InChI is InChI=1S/C27H29F4N5O/c1-2-36-24(14-22(35-36)17-7-8-17)26(37)32-12-11-16-5-3-4-6-20(16)33-23-15-25(27(29,30)31)34-21-10-9-18(28)13-19(21)23/h9-10,12-17,20H,2-8,11H2,1H3,(H,33,34). The van der Waals surface area contributed by atoms with Crippen molar-refractivity contribution in [1.82, 2.24) is 14.8 Å². The summed E-state index contributed by atoms with van der Waals surface area (Å²) in [6, 6.07) is 6.21. The van der Waals surface area contributed by atoms with Crippen LogP contribution in [0.5, 0.6) is 0 Å². The summed E-state index contributed by atoms with van der Waals surface area (Å²) in [5.74, 6) is -0.381. The maximum atomic E-state index is 14.0. The minimum atomic E-state index is -4.62. The van der Waals surface area contributed by atoms with Crippen LogP contribution in [-0.2, 0) is 12.7 Å². The van der Waals surface area contributed by atoms with E-state index >= 15 is 0 Å². The van der Waals surface area contributed by atoms with Crippen LogP contribution in [0, 0.1) is 11.7 Å². The van der Waals surface area contributed by atoms with Gasteiger partial charge in [0.1, 0.15) is 17.2 Å². The fraction of sp³-hybridized carbons (Fsp3) is 0.481. The average molecular weight is 516 g/mol. The van der Waals surface area contributed by atoms with Crippen molar-refractivity contribution in [3.63, 3.8) is 0 Å². The van der Waals surface area contributed by atoms with Crippen molar-refractivity contribution in [3.8, 4) is 0 Å². The number of aromatic nitrogens is 3. The molecular formula is C27H29F4N5O. The van der Waals surface area contributed by atoms with Crippen molar-refractivity contribution >= 4 is 28.7 Å². The second-order valence-electron chi connectivity index (χ2n) is 9.91. The van der Waals surface area contributed by atoms with Gasteiger partial charge >= 0.3 is 6.18 Å². The second-order valence-corrected chi connectivity index (χ2v) is 9.91. The van der Waals surface area contributed by atoms with Gasteiger partial charge in [0.2, 0.25) is 0 Å². The molecule has 0 saturated heterocycles. The van der Waals surface area contributed by atoms with E-state index in [0.29, 0.717) is 30.0 Å². The van der Waals surface area contributed by atoms with E-state index in [1.165, 1.54) is 12.1 Å². The highest BCUT2D eigenvalue weighted by molar-refractivity contribution is 5.97. The van der Waals surface area contributed by atoms with E-state index in [4.69, 9.17) is 0 Å². The lowest BCUT2D eigenvalue weighted by Gasteiger charge is -2.32. The molecule has 2 atom stereocenters. The Morgan fingerprint density at radius 3 is 2.68 bits per heavy atom. The first-order chi connectivity index (χ1) is 17.7. The van der Waals surface area contributed by atoms with Gasteiger partial charge in [0.05, 0.1) is 11.2 Å². The van der Waals surface area contributed by atoms with Crippen LogP contribution in [0.1, 0.15) is 79.7 Å². The summed E-state index contributed by atoms with van der Waals surface area (Å²) in [6.07, 6.45) is 3.19. The molecule has 10 heteroatoms. The van der Waals surface area contributed by atoms with Gasteiger partial charge in [-0.1, -0.05) is 12.8 Å².